The van der Waals surface area contributed by atoms with E-state index < -0.39 is 5.79 Å². The first-order chi connectivity index (χ1) is 8.07. The molecule has 0 N–H and O–H groups in total. The average Bonchev–Trinajstić information content (AvgIpc) is 2.67. The molecule has 2 rings (SSSR count). The molecule has 1 saturated heterocycles. The monoisotopic (exact) mass is 232 g/mol. The van der Waals surface area contributed by atoms with Crippen molar-refractivity contribution in [3.05, 3.63) is 48.0 Å². The quantitative estimate of drug-likeness (QED) is 0.593. The van der Waals surface area contributed by atoms with Gasteiger partial charge in [0.15, 0.2) is 11.6 Å². The van der Waals surface area contributed by atoms with Crippen molar-refractivity contribution in [2.45, 2.75) is 25.7 Å². The van der Waals surface area contributed by atoms with Gasteiger partial charge in [0.05, 0.1) is 6.61 Å². The predicted molar refractivity (Wildman–Crippen MR) is 64.8 cm³/mol. The molecule has 0 aliphatic carbocycles. The van der Waals surface area contributed by atoms with Crippen molar-refractivity contribution in [2.75, 3.05) is 6.61 Å². The summed E-state index contributed by atoms with van der Waals surface area (Å²) in [5.74, 6) is -0.566. The van der Waals surface area contributed by atoms with Gasteiger partial charge in [-0.05, 0) is 26.0 Å². The van der Waals surface area contributed by atoms with Crippen LogP contribution in [-0.4, -0.2) is 24.3 Å². The Morgan fingerprint density at radius 3 is 2.65 bits per heavy atom. The Kier molecular flexibility index (Phi) is 3.41. The molecule has 1 fully saturated rings. The van der Waals surface area contributed by atoms with Crippen LogP contribution in [0.5, 0.6) is 0 Å². The number of benzene rings is 1. The lowest BCUT2D eigenvalue weighted by molar-refractivity contribution is -0.133. The minimum Gasteiger partial charge on any atom is -0.347 e. The molecule has 0 radical (unpaired) electrons. The number of allylic oxidation sites excluding steroid dienone is 1. The molecule has 1 unspecified atom stereocenters. The second-order valence-corrected chi connectivity index (χ2v) is 4.46. The van der Waals surface area contributed by atoms with Crippen LogP contribution in [0.4, 0.5) is 0 Å². The summed E-state index contributed by atoms with van der Waals surface area (Å²) in [6, 6.07) is 9.17. The Morgan fingerprint density at radius 1 is 1.35 bits per heavy atom. The fraction of sp³-hybridized carbons (Fsp3) is 0.357. The number of ether oxygens (including phenoxy) is 2. The van der Waals surface area contributed by atoms with Gasteiger partial charge >= 0.3 is 0 Å². The van der Waals surface area contributed by atoms with E-state index in [9.17, 15) is 4.79 Å². The topological polar surface area (TPSA) is 35.5 Å². The first-order valence-corrected chi connectivity index (χ1v) is 5.66. The maximum absolute atomic E-state index is 11.8. The van der Waals surface area contributed by atoms with Gasteiger partial charge in [0.25, 0.3) is 0 Å². The van der Waals surface area contributed by atoms with Crippen molar-refractivity contribution in [1.82, 2.24) is 0 Å². The van der Waals surface area contributed by atoms with Crippen LogP contribution in [0, 0.1) is 0 Å². The molecule has 0 spiro atoms. The first-order valence-electron chi connectivity index (χ1n) is 5.66. The number of carbonyl (C=O) groups excluding carboxylic acids is 1. The van der Waals surface area contributed by atoms with Crippen molar-refractivity contribution < 1.29 is 14.3 Å². The average molecular weight is 232 g/mol. The number of hydrogen-bond acceptors (Lipinski definition) is 3. The fourth-order valence-corrected chi connectivity index (χ4v) is 1.70. The maximum Gasteiger partial charge on any atom is 0.185 e. The normalized spacial score (nSPS) is 23.1. The minimum absolute atomic E-state index is 0.0149. The largest absolute Gasteiger partial charge is 0.347 e. The van der Waals surface area contributed by atoms with E-state index in [1.54, 1.807) is 24.3 Å². The molecule has 90 valence electrons. The van der Waals surface area contributed by atoms with E-state index in [1.807, 2.05) is 32.0 Å². The van der Waals surface area contributed by atoms with Crippen LogP contribution in [0.25, 0.3) is 0 Å². The van der Waals surface area contributed by atoms with Crippen LogP contribution in [0.2, 0.25) is 0 Å². The van der Waals surface area contributed by atoms with Crippen LogP contribution in [-0.2, 0) is 9.47 Å². The lowest BCUT2D eigenvalue weighted by Crippen LogP contribution is -2.20. The van der Waals surface area contributed by atoms with Crippen LogP contribution in [0.3, 0.4) is 0 Å². The molecule has 0 bridgehead atoms. The molecule has 3 nitrogen and oxygen atoms in total. The SMILES string of the molecule is CC1(C)OCC(/C=C/C(=O)c2ccccc2)O1. The predicted octanol–water partition coefficient (Wildman–Crippen LogP) is 2.58. The molecule has 0 amide bonds. The zero-order chi connectivity index (χ0) is 12.3. The van der Waals surface area contributed by atoms with Crippen molar-refractivity contribution in [2.24, 2.45) is 0 Å². The number of hydrogen-bond donors (Lipinski definition) is 0. The van der Waals surface area contributed by atoms with E-state index >= 15 is 0 Å². The third kappa shape index (κ3) is 3.25. The van der Waals surface area contributed by atoms with E-state index in [-0.39, 0.29) is 11.9 Å². The van der Waals surface area contributed by atoms with Gasteiger partial charge in [0, 0.05) is 5.56 Å². The Labute approximate surface area is 101 Å². The van der Waals surface area contributed by atoms with Gasteiger partial charge in [-0.15, -0.1) is 0 Å². The summed E-state index contributed by atoms with van der Waals surface area (Å²) in [4.78, 5) is 11.8. The molecule has 1 heterocycles. The van der Waals surface area contributed by atoms with E-state index in [4.69, 9.17) is 9.47 Å². The standard InChI is InChI=1S/C14H16O3/c1-14(2)16-10-12(17-14)8-9-13(15)11-6-4-3-5-7-11/h3-9,12H,10H2,1-2H3/b9-8+. The molecular weight excluding hydrogens is 216 g/mol. The molecule has 1 atom stereocenters. The van der Waals surface area contributed by atoms with Gasteiger partial charge < -0.3 is 9.47 Å². The van der Waals surface area contributed by atoms with Gasteiger partial charge in [-0.3, -0.25) is 4.79 Å². The summed E-state index contributed by atoms with van der Waals surface area (Å²) in [5, 5.41) is 0. The van der Waals surface area contributed by atoms with E-state index in [0.717, 1.165) is 0 Å². The maximum atomic E-state index is 11.8. The summed E-state index contributed by atoms with van der Waals surface area (Å²) in [6.07, 6.45) is 3.16. The zero-order valence-corrected chi connectivity index (χ0v) is 10.1. The molecule has 1 aliphatic rings. The highest BCUT2D eigenvalue weighted by molar-refractivity contribution is 6.04. The van der Waals surface area contributed by atoms with Crippen LogP contribution < -0.4 is 0 Å². The molecule has 1 aromatic carbocycles. The van der Waals surface area contributed by atoms with Crippen molar-refractivity contribution in [3.63, 3.8) is 0 Å². The van der Waals surface area contributed by atoms with Gasteiger partial charge in [-0.1, -0.05) is 30.3 Å². The molecule has 0 aromatic heterocycles. The van der Waals surface area contributed by atoms with Crippen molar-refractivity contribution >= 4 is 5.78 Å². The molecule has 3 heteroatoms. The van der Waals surface area contributed by atoms with Gasteiger partial charge in [0.2, 0.25) is 0 Å². The Bertz CT molecular complexity index is 420. The van der Waals surface area contributed by atoms with E-state index in [0.29, 0.717) is 12.2 Å². The Morgan fingerprint density at radius 2 is 2.06 bits per heavy atom. The fourth-order valence-electron chi connectivity index (χ4n) is 1.70. The second-order valence-electron chi connectivity index (χ2n) is 4.46. The third-order valence-corrected chi connectivity index (χ3v) is 2.55. The highest BCUT2D eigenvalue weighted by Crippen LogP contribution is 2.22. The van der Waals surface area contributed by atoms with Crippen molar-refractivity contribution in [3.8, 4) is 0 Å². The lowest BCUT2D eigenvalue weighted by Gasteiger charge is -2.15. The molecule has 1 aromatic rings. The number of ketones is 1. The Balaban J connectivity index is 1.96. The smallest absolute Gasteiger partial charge is 0.185 e. The van der Waals surface area contributed by atoms with Crippen LogP contribution in [0.15, 0.2) is 42.5 Å². The molecule has 17 heavy (non-hydrogen) atoms. The summed E-state index contributed by atoms with van der Waals surface area (Å²) in [7, 11) is 0. The number of carbonyl (C=O) groups is 1. The highest BCUT2D eigenvalue weighted by atomic mass is 16.7. The summed E-state index contributed by atoms with van der Waals surface area (Å²) in [6.45, 7) is 4.21. The summed E-state index contributed by atoms with van der Waals surface area (Å²) < 4.78 is 11.0. The molecule has 1 aliphatic heterocycles. The second kappa shape index (κ2) is 4.82. The van der Waals surface area contributed by atoms with Gasteiger partial charge in [-0.2, -0.15) is 0 Å². The first kappa shape index (κ1) is 12.0. The summed E-state index contributed by atoms with van der Waals surface area (Å²) >= 11 is 0. The van der Waals surface area contributed by atoms with Gasteiger partial charge in [0.1, 0.15) is 6.10 Å². The van der Waals surface area contributed by atoms with E-state index in [1.165, 1.54) is 0 Å². The minimum atomic E-state index is -0.551. The van der Waals surface area contributed by atoms with Gasteiger partial charge in [-0.25, -0.2) is 0 Å². The van der Waals surface area contributed by atoms with Crippen molar-refractivity contribution in [1.29, 1.82) is 0 Å². The van der Waals surface area contributed by atoms with Crippen LogP contribution in [0.1, 0.15) is 24.2 Å². The van der Waals surface area contributed by atoms with Crippen LogP contribution >= 0.6 is 0 Å². The van der Waals surface area contributed by atoms with E-state index in [2.05, 4.69) is 0 Å². The molecule has 0 saturated carbocycles. The molecular formula is C14H16O3. The summed E-state index contributed by atoms with van der Waals surface area (Å²) in [5.41, 5.74) is 0.682. The lowest BCUT2D eigenvalue weighted by atomic mass is 10.1. The highest BCUT2D eigenvalue weighted by Gasteiger charge is 2.31. The zero-order valence-electron chi connectivity index (χ0n) is 10.1. The third-order valence-electron chi connectivity index (χ3n) is 2.55. The Hall–Kier alpha value is -1.45. The number of rotatable bonds is 3.